The van der Waals surface area contributed by atoms with Gasteiger partial charge in [-0.2, -0.15) is 0 Å². The molecule has 0 amide bonds. The van der Waals surface area contributed by atoms with Crippen LogP contribution >= 0.6 is 35.0 Å². The molecule has 16 heavy (non-hydrogen) atoms. The SMILES string of the molecule is Clc1cc(Cl)cc(C2CN3CCN=C3S2)c1. The van der Waals surface area contributed by atoms with Gasteiger partial charge in [-0.15, -0.1) is 0 Å². The lowest BCUT2D eigenvalue weighted by Gasteiger charge is -2.12. The Morgan fingerprint density at radius 1 is 1.25 bits per heavy atom. The van der Waals surface area contributed by atoms with E-state index in [1.165, 1.54) is 10.7 Å². The first-order chi connectivity index (χ1) is 7.72. The third kappa shape index (κ3) is 1.92. The highest BCUT2D eigenvalue weighted by molar-refractivity contribution is 8.14. The van der Waals surface area contributed by atoms with E-state index in [4.69, 9.17) is 23.2 Å². The highest BCUT2D eigenvalue weighted by Gasteiger charge is 2.32. The average Bonchev–Trinajstić information content (AvgIpc) is 2.74. The predicted octanol–water partition coefficient (Wildman–Crippen LogP) is 3.45. The number of halogens is 2. The first kappa shape index (κ1) is 10.8. The van der Waals surface area contributed by atoms with Crippen LogP contribution in [0.5, 0.6) is 0 Å². The van der Waals surface area contributed by atoms with Crippen molar-refractivity contribution in [3.05, 3.63) is 33.8 Å². The van der Waals surface area contributed by atoms with E-state index in [1.807, 2.05) is 23.9 Å². The molecule has 1 aromatic rings. The minimum Gasteiger partial charge on any atom is -0.348 e. The Morgan fingerprint density at radius 2 is 2.00 bits per heavy atom. The summed E-state index contributed by atoms with van der Waals surface area (Å²) in [4.78, 5) is 6.78. The summed E-state index contributed by atoms with van der Waals surface area (Å²) in [5, 5.41) is 2.99. The van der Waals surface area contributed by atoms with Crippen LogP contribution in [0.1, 0.15) is 10.8 Å². The normalized spacial score (nSPS) is 23.5. The zero-order chi connectivity index (χ0) is 11.1. The molecule has 3 rings (SSSR count). The van der Waals surface area contributed by atoms with Gasteiger partial charge in [0.15, 0.2) is 5.17 Å². The molecule has 0 aromatic heterocycles. The van der Waals surface area contributed by atoms with Crippen LogP contribution in [0, 0.1) is 0 Å². The number of thioether (sulfide) groups is 1. The lowest BCUT2D eigenvalue weighted by atomic mass is 10.1. The molecule has 84 valence electrons. The number of fused-ring (bicyclic) bond motifs is 1. The van der Waals surface area contributed by atoms with Crippen molar-refractivity contribution in [2.24, 2.45) is 4.99 Å². The summed E-state index contributed by atoms with van der Waals surface area (Å²) in [6, 6.07) is 5.76. The quantitative estimate of drug-likeness (QED) is 0.778. The summed E-state index contributed by atoms with van der Waals surface area (Å²) in [5.74, 6) is 0. The molecular formula is C11H10Cl2N2S. The van der Waals surface area contributed by atoms with E-state index in [0.717, 1.165) is 19.6 Å². The molecule has 1 unspecified atom stereocenters. The molecule has 1 aromatic carbocycles. The Morgan fingerprint density at radius 3 is 2.69 bits per heavy atom. The smallest absolute Gasteiger partial charge is 0.160 e. The van der Waals surface area contributed by atoms with Crippen molar-refractivity contribution in [3.63, 3.8) is 0 Å². The maximum atomic E-state index is 6.01. The van der Waals surface area contributed by atoms with Crippen molar-refractivity contribution >= 4 is 40.1 Å². The van der Waals surface area contributed by atoms with Crippen LogP contribution < -0.4 is 0 Å². The Bertz CT molecular complexity index is 441. The molecule has 2 nitrogen and oxygen atoms in total. The Kier molecular flexibility index (Phi) is 2.78. The summed E-state index contributed by atoms with van der Waals surface area (Å²) in [7, 11) is 0. The standard InChI is InChI=1S/C11H10Cl2N2S/c12-8-3-7(4-9(13)5-8)10-6-15-2-1-14-11(15)16-10/h3-5,10H,1-2,6H2. The highest BCUT2D eigenvalue weighted by Crippen LogP contribution is 2.40. The van der Waals surface area contributed by atoms with Gasteiger partial charge in [-0.3, -0.25) is 4.99 Å². The van der Waals surface area contributed by atoms with Gasteiger partial charge in [0.1, 0.15) is 0 Å². The lowest BCUT2D eigenvalue weighted by molar-refractivity contribution is 0.476. The van der Waals surface area contributed by atoms with Crippen LogP contribution in [-0.4, -0.2) is 29.7 Å². The van der Waals surface area contributed by atoms with Crippen molar-refractivity contribution in [2.75, 3.05) is 19.6 Å². The number of amidine groups is 1. The fourth-order valence-corrected chi connectivity index (χ4v) is 3.85. The van der Waals surface area contributed by atoms with Crippen LogP contribution in [0.4, 0.5) is 0 Å². The van der Waals surface area contributed by atoms with Crippen LogP contribution in [0.2, 0.25) is 10.0 Å². The maximum absolute atomic E-state index is 6.01. The molecule has 0 aliphatic carbocycles. The summed E-state index contributed by atoms with van der Waals surface area (Å²) in [5.41, 5.74) is 1.19. The summed E-state index contributed by atoms with van der Waals surface area (Å²) < 4.78 is 0. The molecule has 0 N–H and O–H groups in total. The minimum absolute atomic E-state index is 0.412. The van der Waals surface area contributed by atoms with Crippen LogP contribution in [0.25, 0.3) is 0 Å². The first-order valence-corrected chi connectivity index (χ1v) is 6.78. The molecule has 1 fully saturated rings. The molecule has 1 saturated heterocycles. The van der Waals surface area contributed by atoms with Crippen molar-refractivity contribution in [2.45, 2.75) is 5.25 Å². The van der Waals surface area contributed by atoms with Crippen LogP contribution in [-0.2, 0) is 0 Å². The van der Waals surface area contributed by atoms with Gasteiger partial charge in [0.2, 0.25) is 0 Å². The highest BCUT2D eigenvalue weighted by atomic mass is 35.5. The molecule has 0 radical (unpaired) electrons. The average molecular weight is 273 g/mol. The number of nitrogens with zero attached hydrogens (tertiary/aromatic N) is 2. The van der Waals surface area contributed by atoms with Gasteiger partial charge in [-0.25, -0.2) is 0 Å². The van der Waals surface area contributed by atoms with E-state index in [1.54, 1.807) is 6.07 Å². The molecule has 0 spiro atoms. The van der Waals surface area contributed by atoms with Crippen LogP contribution in [0.15, 0.2) is 23.2 Å². The monoisotopic (exact) mass is 272 g/mol. The van der Waals surface area contributed by atoms with Gasteiger partial charge < -0.3 is 4.90 Å². The summed E-state index contributed by atoms with van der Waals surface area (Å²) in [6.45, 7) is 3.00. The second-order valence-electron chi connectivity index (χ2n) is 3.92. The third-order valence-corrected chi connectivity index (χ3v) is 4.52. The lowest BCUT2D eigenvalue weighted by Crippen LogP contribution is -2.21. The molecule has 2 aliphatic rings. The molecule has 1 atom stereocenters. The predicted molar refractivity (Wildman–Crippen MR) is 70.7 cm³/mol. The van der Waals surface area contributed by atoms with Gasteiger partial charge in [-0.1, -0.05) is 35.0 Å². The number of benzene rings is 1. The Labute approximate surface area is 109 Å². The van der Waals surface area contributed by atoms with E-state index in [-0.39, 0.29) is 0 Å². The molecule has 5 heteroatoms. The van der Waals surface area contributed by atoms with Gasteiger partial charge in [0, 0.05) is 23.1 Å². The molecular weight excluding hydrogens is 263 g/mol. The van der Waals surface area contributed by atoms with Gasteiger partial charge >= 0.3 is 0 Å². The maximum Gasteiger partial charge on any atom is 0.160 e. The van der Waals surface area contributed by atoms with Gasteiger partial charge in [-0.05, 0) is 23.8 Å². The summed E-state index contributed by atoms with van der Waals surface area (Å²) >= 11 is 13.8. The number of hydrogen-bond acceptors (Lipinski definition) is 3. The van der Waals surface area contributed by atoms with E-state index in [9.17, 15) is 0 Å². The van der Waals surface area contributed by atoms with Crippen molar-refractivity contribution < 1.29 is 0 Å². The second-order valence-corrected chi connectivity index (χ2v) is 5.96. The second kappa shape index (κ2) is 4.13. The molecule has 2 aliphatic heterocycles. The topological polar surface area (TPSA) is 15.6 Å². The minimum atomic E-state index is 0.412. The van der Waals surface area contributed by atoms with E-state index in [0.29, 0.717) is 15.3 Å². The van der Waals surface area contributed by atoms with Gasteiger partial charge in [0.25, 0.3) is 0 Å². The first-order valence-electron chi connectivity index (χ1n) is 5.14. The zero-order valence-corrected chi connectivity index (χ0v) is 10.8. The fourth-order valence-electron chi connectivity index (χ4n) is 2.04. The number of rotatable bonds is 1. The fraction of sp³-hybridized carbons (Fsp3) is 0.364. The Hall–Kier alpha value is -0.380. The van der Waals surface area contributed by atoms with E-state index in [2.05, 4.69) is 9.89 Å². The Balaban J connectivity index is 1.88. The van der Waals surface area contributed by atoms with E-state index < -0.39 is 0 Å². The van der Waals surface area contributed by atoms with Crippen LogP contribution in [0.3, 0.4) is 0 Å². The molecule has 0 bridgehead atoms. The molecule has 2 heterocycles. The van der Waals surface area contributed by atoms with Crippen molar-refractivity contribution in [3.8, 4) is 0 Å². The molecule has 0 saturated carbocycles. The number of aliphatic imine (C=N–C) groups is 1. The third-order valence-electron chi connectivity index (χ3n) is 2.78. The van der Waals surface area contributed by atoms with Gasteiger partial charge in [0.05, 0.1) is 11.8 Å². The largest absolute Gasteiger partial charge is 0.348 e. The van der Waals surface area contributed by atoms with Crippen molar-refractivity contribution in [1.82, 2.24) is 4.90 Å². The summed E-state index contributed by atoms with van der Waals surface area (Å²) in [6.07, 6.45) is 0. The van der Waals surface area contributed by atoms with E-state index >= 15 is 0 Å². The van der Waals surface area contributed by atoms with Crippen molar-refractivity contribution in [1.29, 1.82) is 0 Å². The number of hydrogen-bond donors (Lipinski definition) is 0. The zero-order valence-electron chi connectivity index (χ0n) is 8.49.